The van der Waals surface area contributed by atoms with Crippen molar-refractivity contribution in [3.05, 3.63) is 59.9 Å². The zero-order chi connectivity index (χ0) is 20.6. The predicted octanol–water partition coefficient (Wildman–Crippen LogP) is 3.28. The molecule has 1 unspecified atom stereocenters. The van der Waals surface area contributed by atoms with Crippen molar-refractivity contribution in [1.82, 2.24) is 10.2 Å². The van der Waals surface area contributed by atoms with E-state index in [4.69, 9.17) is 10.5 Å². The molecule has 29 heavy (non-hydrogen) atoms. The van der Waals surface area contributed by atoms with Gasteiger partial charge < -0.3 is 20.7 Å². The van der Waals surface area contributed by atoms with Crippen LogP contribution < -0.4 is 15.8 Å². The molecule has 1 aliphatic heterocycles. The van der Waals surface area contributed by atoms with Gasteiger partial charge >= 0.3 is 0 Å². The van der Waals surface area contributed by atoms with E-state index in [2.05, 4.69) is 15.2 Å². The highest BCUT2D eigenvalue weighted by Crippen LogP contribution is 2.22. The first-order chi connectivity index (χ1) is 14.0. The molecular formula is C22H27FN4O2. The summed E-state index contributed by atoms with van der Waals surface area (Å²) in [6.45, 7) is 2.33. The normalized spacial score (nSPS) is 17.1. The Bertz CT molecular complexity index is 837. The molecule has 7 heteroatoms. The Kier molecular flexibility index (Phi) is 7.05. The van der Waals surface area contributed by atoms with Crippen LogP contribution in [-0.4, -0.2) is 36.9 Å². The number of benzene rings is 2. The number of hydrogen-bond acceptors (Lipinski definition) is 3. The van der Waals surface area contributed by atoms with Gasteiger partial charge in [-0.25, -0.2) is 4.39 Å². The standard InChI is InChI=1S/C22H27FN4O2/c1-25-22(27-12-2-3-17(15-27)13-21(24)28)26-14-16-4-8-19(9-5-16)29-20-10-6-18(23)7-11-20/h4-11,17H,2-3,12-15H2,1H3,(H2,24,28)(H,25,26). The summed E-state index contributed by atoms with van der Waals surface area (Å²) >= 11 is 0. The Labute approximate surface area is 170 Å². The van der Waals surface area contributed by atoms with Crippen LogP contribution in [0.5, 0.6) is 11.5 Å². The lowest BCUT2D eigenvalue weighted by molar-refractivity contribution is -0.119. The fraction of sp³-hybridized carbons (Fsp3) is 0.364. The average Bonchev–Trinajstić information content (AvgIpc) is 2.71. The number of nitrogens with two attached hydrogens (primary N) is 1. The van der Waals surface area contributed by atoms with Crippen LogP contribution in [0.25, 0.3) is 0 Å². The van der Waals surface area contributed by atoms with E-state index in [0.717, 1.165) is 37.5 Å². The first kappa shape index (κ1) is 20.6. The Balaban J connectivity index is 1.53. The number of primary amides is 1. The number of halogens is 1. The zero-order valence-electron chi connectivity index (χ0n) is 16.6. The molecule has 0 spiro atoms. The maximum Gasteiger partial charge on any atom is 0.217 e. The Morgan fingerprint density at radius 3 is 2.48 bits per heavy atom. The van der Waals surface area contributed by atoms with Gasteiger partial charge in [-0.15, -0.1) is 0 Å². The molecule has 2 aromatic rings. The van der Waals surface area contributed by atoms with Crippen molar-refractivity contribution in [3.8, 4) is 11.5 Å². The summed E-state index contributed by atoms with van der Waals surface area (Å²) in [6, 6.07) is 13.6. The molecule has 1 amide bonds. The average molecular weight is 398 g/mol. The number of likely N-dealkylation sites (tertiary alicyclic amines) is 1. The summed E-state index contributed by atoms with van der Waals surface area (Å²) in [5.41, 5.74) is 6.44. The fourth-order valence-corrected chi connectivity index (χ4v) is 3.54. The number of amides is 1. The van der Waals surface area contributed by atoms with Gasteiger partial charge in [-0.05, 0) is 60.7 Å². The highest BCUT2D eigenvalue weighted by atomic mass is 19.1. The SMILES string of the molecule is CN=C(NCc1ccc(Oc2ccc(F)cc2)cc1)N1CCCC(CC(N)=O)C1. The van der Waals surface area contributed by atoms with Crippen molar-refractivity contribution in [2.24, 2.45) is 16.6 Å². The van der Waals surface area contributed by atoms with E-state index in [1.54, 1.807) is 19.2 Å². The Morgan fingerprint density at radius 1 is 1.21 bits per heavy atom. The van der Waals surface area contributed by atoms with E-state index in [-0.39, 0.29) is 17.6 Å². The smallest absolute Gasteiger partial charge is 0.217 e. The Hall–Kier alpha value is -3.09. The van der Waals surface area contributed by atoms with Gasteiger partial charge in [-0.1, -0.05) is 12.1 Å². The van der Waals surface area contributed by atoms with E-state index >= 15 is 0 Å². The molecule has 3 rings (SSSR count). The topological polar surface area (TPSA) is 80.0 Å². The van der Waals surface area contributed by atoms with Crippen LogP contribution in [0.3, 0.4) is 0 Å². The molecule has 2 aromatic carbocycles. The van der Waals surface area contributed by atoms with Crippen LogP contribution >= 0.6 is 0 Å². The van der Waals surface area contributed by atoms with Gasteiger partial charge in [-0.3, -0.25) is 9.79 Å². The maximum atomic E-state index is 13.0. The number of guanidine groups is 1. The van der Waals surface area contributed by atoms with Crippen molar-refractivity contribution in [2.75, 3.05) is 20.1 Å². The van der Waals surface area contributed by atoms with Gasteiger partial charge in [-0.2, -0.15) is 0 Å². The first-order valence-corrected chi connectivity index (χ1v) is 9.80. The number of ether oxygens (including phenoxy) is 1. The molecule has 0 saturated carbocycles. The molecule has 0 bridgehead atoms. The summed E-state index contributed by atoms with van der Waals surface area (Å²) < 4.78 is 18.7. The molecular weight excluding hydrogens is 371 g/mol. The first-order valence-electron chi connectivity index (χ1n) is 9.80. The van der Waals surface area contributed by atoms with Crippen molar-refractivity contribution < 1.29 is 13.9 Å². The second-order valence-corrected chi connectivity index (χ2v) is 7.23. The molecule has 1 aliphatic rings. The van der Waals surface area contributed by atoms with E-state index in [1.165, 1.54) is 12.1 Å². The lowest BCUT2D eigenvalue weighted by atomic mass is 9.95. The Morgan fingerprint density at radius 2 is 1.86 bits per heavy atom. The molecule has 1 saturated heterocycles. The predicted molar refractivity (Wildman–Crippen MR) is 111 cm³/mol. The van der Waals surface area contributed by atoms with Gasteiger partial charge in [0.15, 0.2) is 5.96 Å². The van der Waals surface area contributed by atoms with Crippen molar-refractivity contribution in [3.63, 3.8) is 0 Å². The summed E-state index contributed by atoms with van der Waals surface area (Å²) in [6.07, 6.45) is 2.46. The summed E-state index contributed by atoms with van der Waals surface area (Å²) in [7, 11) is 1.76. The van der Waals surface area contributed by atoms with Crippen molar-refractivity contribution in [1.29, 1.82) is 0 Å². The van der Waals surface area contributed by atoms with E-state index in [0.29, 0.717) is 24.5 Å². The third-order valence-electron chi connectivity index (χ3n) is 4.94. The quantitative estimate of drug-likeness (QED) is 0.578. The van der Waals surface area contributed by atoms with Crippen LogP contribution in [0.4, 0.5) is 4.39 Å². The van der Waals surface area contributed by atoms with E-state index < -0.39 is 0 Å². The van der Waals surface area contributed by atoms with E-state index in [1.807, 2.05) is 24.3 Å². The lowest BCUT2D eigenvalue weighted by Gasteiger charge is -2.34. The number of rotatable bonds is 6. The molecule has 0 radical (unpaired) electrons. The number of piperidine rings is 1. The molecule has 6 nitrogen and oxygen atoms in total. The highest BCUT2D eigenvalue weighted by molar-refractivity contribution is 5.80. The van der Waals surface area contributed by atoms with Gasteiger partial charge in [0, 0.05) is 33.1 Å². The largest absolute Gasteiger partial charge is 0.457 e. The molecule has 154 valence electrons. The molecule has 1 fully saturated rings. The summed E-state index contributed by atoms with van der Waals surface area (Å²) in [4.78, 5) is 17.8. The number of nitrogens with zero attached hydrogens (tertiary/aromatic N) is 2. The number of nitrogens with one attached hydrogen (secondary N) is 1. The third kappa shape index (κ3) is 6.20. The van der Waals surface area contributed by atoms with Crippen LogP contribution in [0.1, 0.15) is 24.8 Å². The number of aliphatic imine (C=N–C) groups is 1. The van der Waals surface area contributed by atoms with Crippen molar-refractivity contribution in [2.45, 2.75) is 25.8 Å². The fourth-order valence-electron chi connectivity index (χ4n) is 3.54. The number of carbonyl (C=O) groups excluding carboxylic acids is 1. The lowest BCUT2D eigenvalue weighted by Crippen LogP contribution is -2.46. The zero-order valence-corrected chi connectivity index (χ0v) is 16.6. The maximum absolute atomic E-state index is 13.0. The van der Waals surface area contributed by atoms with Gasteiger partial charge in [0.25, 0.3) is 0 Å². The minimum Gasteiger partial charge on any atom is -0.457 e. The highest BCUT2D eigenvalue weighted by Gasteiger charge is 2.23. The summed E-state index contributed by atoms with van der Waals surface area (Å²) in [5, 5.41) is 3.38. The molecule has 1 atom stereocenters. The molecule has 3 N–H and O–H groups in total. The van der Waals surface area contributed by atoms with E-state index in [9.17, 15) is 9.18 Å². The minimum absolute atomic E-state index is 0.247. The van der Waals surface area contributed by atoms with Gasteiger partial charge in [0.1, 0.15) is 17.3 Å². The minimum atomic E-state index is -0.290. The monoisotopic (exact) mass is 398 g/mol. The molecule has 0 aromatic heterocycles. The molecule has 1 heterocycles. The molecule has 0 aliphatic carbocycles. The van der Waals surface area contributed by atoms with Gasteiger partial charge in [0.05, 0.1) is 0 Å². The van der Waals surface area contributed by atoms with Crippen LogP contribution in [0.15, 0.2) is 53.5 Å². The van der Waals surface area contributed by atoms with Crippen molar-refractivity contribution >= 4 is 11.9 Å². The summed E-state index contributed by atoms with van der Waals surface area (Å²) in [5.74, 6) is 1.85. The second kappa shape index (κ2) is 9.91. The third-order valence-corrected chi connectivity index (χ3v) is 4.94. The van der Waals surface area contributed by atoms with Crippen LogP contribution in [0.2, 0.25) is 0 Å². The number of carbonyl (C=O) groups is 1. The number of hydrogen-bond donors (Lipinski definition) is 2. The van der Waals surface area contributed by atoms with Crippen LogP contribution in [0, 0.1) is 11.7 Å². The van der Waals surface area contributed by atoms with Gasteiger partial charge in [0.2, 0.25) is 5.91 Å². The van der Waals surface area contributed by atoms with Crippen LogP contribution in [-0.2, 0) is 11.3 Å². The second-order valence-electron chi connectivity index (χ2n) is 7.23.